The molecule has 0 fully saturated rings. The van der Waals surface area contributed by atoms with Gasteiger partial charge in [0.1, 0.15) is 35.9 Å². The van der Waals surface area contributed by atoms with Crippen molar-refractivity contribution in [1.29, 1.82) is 5.41 Å². The first-order valence-corrected chi connectivity index (χ1v) is 26.7. The van der Waals surface area contributed by atoms with Crippen molar-refractivity contribution in [2.45, 2.75) is 81.7 Å². The number of hydrogen-bond donors (Lipinski definition) is 8. The van der Waals surface area contributed by atoms with Crippen LogP contribution in [0.15, 0.2) is 205 Å². The zero-order chi connectivity index (χ0) is 57.1. The number of benzene rings is 7. The van der Waals surface area contributed by atoms with Crippen molar-refractivity contribution in [3.63, 3.8) is 0 Å². The standard InChI is InChI=1S/C64H64N10O7/c65-58-48-31-17-16-30-47(48)41-74(55-33-19-18-32-49(55)59(58)73-67)57(76)35-34-56(75)68-51(37-43-22-8-2-9-23-43)61(78)70-53(39-45-26-12-4-13-27-45)63(80)72-54(40-46-28-14-5-15-29-46)64(81)71-52(38-44-24-10-3-11-25-44)62(79)69-50(60(66)77)36-42-20-6-1-7-21-42/h1-33,50-54,65H,34-41,67H2,(H2,66,77)(H,68,75)(H,69,79)(H,70,78)(H,71,81)(H,72,80). The minimum Gasteiger partial charge on any atom is -0.368 e. The lowest BCUT2D eigenvalue weighted by atomic mass is 9.92. The molecule has 0 radical (unpaired) electrons. The van der Waals surface area contributed by atoms with Gasteiger partial charge in [-0.2, -0.15) is 5.10 Å². The highest BCUT2D eigenvalue weighted by Crippen LogP contribution is 2.30. The number of carbonyl (C=O) groups excluding carboxylic acids is 7. The molecule has 0 aromatic heterocycles. The predicted octanol–water partition coefficient (Wildman–Crippen LogP) is 5.17. The van der Waals surface area contributed by atoms with Crippen LogP contribution in [0.3, 0.4) is 0 Å². The van der Waals surface area contributed by atoms with Gasteiger partial charge in [0.15, 0.2) is 0 Å². The van der Waals surface area contributed by atoms with Gasteiger partial charge in [0, 0.05) is 56.1 Å². The zero-order valence-corrected chi connectivity index (χ0v) is 44.5. The van der Waals surface area contributed by atoms with Gasteiger partial charge in [-0.25, -0.2) is 0 Å². The molecule has 0 spiro atoms. The van der Waals surface area contributed by atoms with Crippen LogP contribution in [-0.4, -0.2) is 83.0 Å². The number of amides is 7. The van der Waals surface area contributed by atoms with Crippen molar-refractivity contribution in [2.24, 2.45) is 16.7 Å². The molecule has 1 aliphatic rings. The van der Waals surface area contributed by atoms with Crippen LogP contribution in [-0.2, 0) is 72.2 Å². The van der Waals surface area contributed by atoms with Gasteiger partial charge in [0.2, 0.25) is 41.4 Å². The van der Waals surface area contributed by atoms with Gasteiger partial charge in [-0.3, -0.25) is 39.0 Å². The fourth-order valence-corrected chi connectivity index (χ4v) is 9.71. The van der Waals surface area contributed by atoms with Crippen LogP contribution in [0.4, 0.5) is 5.69 Å². The molecule has 7 aromatic rings. The van der Waals surface area contributed by atoms with Crippen molar-refractivity contribution in [3.05, 3.63) is 245 Å². The molecule has 0 saturated heterocycles. The third kappa shape index (κ3) is 15.8. The number of hydrazone groups is 1. The number of para-hydroxylation sites is 1. The van der Waals surface area contributed by atoms with Gasteiger partial charge in [0.25, 0.3) is 0 Å². The summed E-state index contributed by atoms with van der Waals surface area (Å²) in [6.45, 7) is 0.0990. The molecular weight excluding hydrogens is 1020 g/mol. The van der Waals surface area contributed by atoms with E-state index in [1.165, 1.54) is 4.90 Å². The highest BCUT2D eigenvalue weighted by Gasteiger charge is 2.34. The zero-order valence-electron chi connectivity index (χ0n) is 44.5. The van der Waals surface area contributed by atoms with Gasteiger partial charge in [-0.1, -0.05) is 194 Å². The van der Waals surface area contributed by atoms with E-state index in [0.29, 0.717) is 44.6 Å². The second kappa shape index (κ2) is 28.0. The van der Waals surface area contributed by atoms with E-state index in [1.54, 1.807) is 146 Å². The van der Waals surface area contributed by atoms with E-state index in [1.807, 2.05) is 54.6 Å². The van der Waals surface area contributed by atoms with Crippen LogP contribution in [0.5, 0.6) is 0 Å². The summed E-state index contributed by atoms with van der Waals surface area (Å²) in [4.78, 5) is 101. The lowest BCUT2D eigenvalue weighted by Crippen LogP contribution is -2.60. The molecule has 5 unspecified atom stereocenters. The number of hydrogen-bond acceptors (Lipinski definition) is 10. The third-order valence-electron chi connectivity index (χ3n) is 13.9. The lowest BCUT2D eigenvalue weighted by molar-refractivity contribution is -0.135. The Bertz CT molecular complexity index is 3370. The maximum Gasteiger partial charge on any atom is 0.243 e. The Balaban J connectivity index is 1.03. The number of nitrogens with zero attached hydrogens (tertiary/aromatic N) is 2. The number of nitrogens with one attached hydrogen (secondary N) is 6. The average Bonchev–Trinajstić information content (AvgIpc) is 3.68. The molecule has 81 heavy (non-hydrogen) atoms. The summed E-state index contributed by atoms with van der Waals surface area (Å²) >= 11 is 0. The fraction of sp³-hybridized carbons (Fsp3) is 0.203. The Morgan fingerprint density at radius 1 is 0.432 bits per heavy atom. The van der Waals surface area contributed by atoms with Crippen molar-refractivity contribution < 1.29 is 33.6 Å². The quantitative estimate of drug-likeness (QED) is 0.0312. The third-order valence-corrected chi connectivity index (χ3v) is 13.9. The first-order valence-electron chi connectivity index (χ1n) is 26.7. The van der Waals surface area contributed by atoms with Gasteiger partial charge >= 0.3 is 0 Å². The number of anilines is 1. The van der Waals surface area contributed by atoms with E-state index in [0.717, 1.165) is 5.56 Å². The second-order valence-electron chi connectivity index (χ2n) is 19.7. The average molecular weight is 1090 g/mol. The number of carbonyl (C=O) groups is 7. The Hall–Kier alpha value is -10.0. The van der Waals surface area contributed by atoms with Gasteiger partial charge in [-0.05, 0) is 39.4 Å². The van der Waals surface area contributed by atoms with Crippen molar-refractivity contribution >= 4 is 58.5 Å². The van der Waals surface area contributed by atoms with Crippen molar-refractivity contribution in [1.82, 2.24) is 26.6 Å². The number of primary amides is 1. The van der Waals surface area contributed by atoms with Gasteiger partial charge in [-0.15, -0.1) is 0 Å². The summed E-state index contributed by atoms with van der Waals surface area (Å²) in [5.41, 5.74) is 11.8. The van der Waals surface area contributed by atoms with Crippen LogP contribution in [0, 0.1) is 5.41 Å². The highest BCUT2D eigenvalue weighted by atomic mass is 16.2. The molecule has 0 aliphatic carbocycles. The molecular formula is C64H64N10O7. The minimum atomic E-state index is -1.31. The molecule has 7 amide bonds. The molecule has 1 aliphatic heterocycles. The molecule has 10 N–H and O–H groups in total. The number of nitrogens with two attached hydrogens (primary N) is 2. The highest BCUT2D eigenvalue weighted by molar-refractivity contribution is 6.53. The Morgan fingerprint density at radius 3 is 1.16 bits per heavy atom. The van der Waals surface area contributed by atoms with E-state index >= 15 is 0 Å². The van der Waals surface area contributed by atoms with Gasteiger partial charge < -0.3 is 43.1 Å². The molecule has 0 saturated carbocycles. The van der Waals surface area contributed by atoms with Crippen molar-refractivity contribution in [2.75, 3.05) is 4.90 Å². The first kappa shape index (κ1) is 57.2. The van der Waals surface area contributed by atoms with Crippen LogP contribution >= 0.6 is 0 Å². The maximum atomic E-state index is 14.9. The smallest absolute Gasteiger partial charge is 0.243 e. The largest absolute Gasteiger partial charge is 0.368 e. The summed E-state index contributed by atoms with van der Waals surface area (Å²) < 4.78 is 0. The monoisotopic (exact) mass is 1080 g/mol. The minimum absolute atomic E-state index is 0.0152. The number of rotatable bonds is 23. The predicted molar refractivity (Wildman–Crippen MR) is 310 cm³/mol. The Kier molecular flexibility index (Phi) is 19.8. The van der Waals surface area contributed by atoms with E-state index in [2.05, 4.69) is 31.7 Å². The molecule has 17 nitrogen and oxygen atoms in total. The van der Waals surface area contributed by atoms with Crippen LogP contribution in [0.2, 0.25) is 0 Å². The van der Waals surface area contributed by atoms with E-state index < -0.39 is 71.6 Å². The molecule has 0 bridgehead atoms. The molecule has 412 valence electrons. The van der Waals surface area contributed by atoms with Crippen LogP contribution in [0.1, 0.15) is 57.3 Å². The second-order valence-corrected chi connectivity index (χ2v) is 19.7. The Labute approximate surface area is 470 Å². The first-order chi connectivity index (χ1) is 39.3. The molecule has 5 atom stereocenters. The fourth-order valence-electron chi connectivity index (χ4n) is 9.71. The maximum absolute atomic E-state index is 14.9. The molecule has 7 aromatic carbocycles. The van der Waals surface area contributed by atoms with E-state index in [9.17, 15) is 33.6 Å². The summed E-state index contributed by atoms with van der Waals surface area (Å²) in [6, 6.07) is 53.0. The molecule has 1 heterocycles. The molecule has 8 rings (SSSR count). The summed E-state index contributed by atoms with van der Waals surface area (Å²) in [5, 5.41) is 27.1. The van der Waals surface area contributed by atoms with E-state index in [-0.39, 0.29) is 62.9 Å². The number of fused-ring (bicyclic) bond motifs is 2. The lowest BCUT2D eigenvalue weighted by Gasteiger charge is -2.29. The topological polar surface area (TPSA) is 271 Å². The van der Waals surface area contributed by atoms with Crippen molar-refractivity contribution in [3.8, 4) is 0 Å². The normalized spacial score (nSPS) is 14.2. The summed E-state index contributed by atoms with van der Waals surface area (Å²) in [6.07, 6.45) is -0.467. The summed E-state index contributed by atoms with van der Waals surface area (Å²) in [7, 11) is 0. The van der Waals surface area contributed by atoms with Gasteiger partial charge in [0.05, 0.1) is 17.9 Å². The van der Waals surface area contributed by atoms with Crippen LogP contribution in [0.25, 0.3) is 0 Å². The summed E-state index contributed by atoms with van der Waals surface area (Å²) in [5.74, 6) is 1.26. The molecule has 17 heteroatoms. The SMILES string of the molecule is N=C1C(=NN)c2ccccc2N(C(=O)CCC(=O)NC(Cc2ccccc2)C(=O)NC(Cc2ccccc2)C(=O)NC(Cc2ccccc2)C(=O)NC(Cc2ccccc2)C(=O)NC(Cc2ccccc2)C(N)=O)Cc2ccccc21. The Morgan fingerprint density at radius 2 is 0.765 bits per heavy atom. The van der Waals surface area contributed by atoms with Crippen LogP contribution < -0.4 is 43.1 Å². The van der Waals surface area contributed by atoms with E-state index in [4.69, 9.17) is 17.0 Å².